The summed E-state index contributed by atoms with van der Waals surface area (Å²) in [6.07, 6.45) is 8.37. The number of hydrogen-bond donors (Lipinski definition) is 3. The van der Waals surface area contributed by atoms with Gasteiger partial charge in [-0.3, -0.25) is 15.0 Å². The van der Waals surface area contributed by atoms with E-state index in [1.165, 1.54) is 38.5 Å². The molecule has 2 unspecified atom stereocenters. The number of rotatable bonds is 3. The Morgan fingerprint density at radius 2 is 1.76 bits per heavy atom. The molecule has 4 saturated carbocycles. The van der Waals surface area contributed by atoms with E-state index in [9.17, 15) is 9.59 Å². The normalized spacial score (nSPS) is 45.5. The molecule has 4 aliphatic carbocycles. The zero-order chi connectivity index (χ0) is 14.6. The Hall–Kier alpha value is -1.10. The standard InChI is InChI=1S/C16H25N3O2/c1-9(17-15(21)13-5-14(20)19-18-13)16-6-10-2-11(7-16)4-12(3-10)8-16/h9-13,18H,2-8H2,1H3,(H,17,21)(H,19,20). The van der Waals surface area contributed by atoms with E-state index >= 15 is 0 Å². The largest absolute Gasteiger partial charge is 0.352 e. The van der Waals surface area contributed by atoms with Crippen LogP contribution in [0.15, 0.2) is 0 Å². The van der Waals surface area contributed by atoms with Crippen molar-refractivity contribution in [1.29, 1.82) is 0 Å². The molecule has 1 saturated heterocycles. The molecule has 116 valence electrons. The summed E-state index contributed by atoms with van der Waals surface area (Å²) < 4.78 is 0. The van der Waals surface area contributed by atoms with Crippen molar-refractivity contribution in [3.8, 4) is 0 Å². The number of carbonyl (C=O) groups excluding carboxylic acids is 2. The van der Waals surface area contributed by atoms with Gasteiger partial charge in [0.15, 0.2) is 0 Å². The van der Waals surface area contributed by atoms with Crippen molar-refractivity contribution in [3.05, 3.63) is 0 Å². The minimum atomic E-state index is -0.408. The summed E-state index contributed by atoms with van der Waals surface area (Å²) in [5.41, 5.74) is 5.60. The summed E-state index contributed by atoms with van der Waals surface area (Å²) in [6, 6.07) is -0.190. The number of hydrogen-bond acceptors (Lipinski definition) is 3. The minimum Gasteiger partial charge on any atom is -0.352 e. The fraction of sp³-hybridized carbons (Fsp3) is 0.875. The average Bonchev–Trinajstić information content (AvgIpc) is 2.84. The zero-order valence-electron chi connectivity index (χ0n) is 12.7. The van der Waals surface area contributed by atoms with Gasteiger partial charge in [-0.25, -0.2) is 5.43 Å². The van der Waals surface area contributed by atoms with E-state index in [1.54, 1.807) is 0 Å². The van der Waals surface area contributed by atoms with Crippen LogP contribution in [-0.2, 0) is 9.59 Å². The summed E-state index contributed by atoms with van der Waals surface area (Å²) in [5, 5.41) is 3.21. The van der Waals surface area contributed by atoms with E-state index in [0.29, 0.717) is 5.41 Å². The Kier molecular flexibility index (Phi) is 3.03. The van der Waals surface area contributed by atoms with Gasteiger partial charge >= 0.3 is 0 Å². The fourth-order valence-electron chi connectivity index (χ4n) is 5.79. The third-order valence-electron chi connectivity index (χ3n) is 6.45. The first-order chi connectivity index (χ1) is 10.0. The van der Waals surface area contributed by atoms with Crippen molar-refractivity contribution < 1.29 is 9.59 Å². The van der Waals surface area contributed by atoms with Crippen LogP contribution >= 0.6 is 0 Å². The van der Waals surface area contributed by atoms with Gasteiger partial charge in [-0.05, 0) is 68.6 Å². The van der Waals surface area contributed by atoms with Crippen molar-refractivity contribution in [1.82, 2.24) is 16.2 Å². The third kappa shape index (κ3) is 2.26. The maximum Gasteiger partial charge on any atom is 0.239 e. The predicted octanol–water partition coefficient (Wildman–Crippen LogP) is 1.10. The van der Waals surface area contributed by atoms with Crippen LogP contribution in [0.2, 0.25) is 0 Å². The summed E-state index contributed by atoms with van der Waals surface area (Å²) in [7, 11) is 0. The molecule has 3 N–H and O–H groups in total. The summed E-state index contributed by atoms with van der Waals surface area (Å²) in [4.78, 5) is 23.5. The van der Waals surface area contributed by atoms with Crippen LogP contribution in [0.1, 0.15) is 51.9 Å². The number of amides is 2. The second-order valence-corrected chi connectivity index (χ2v) is 7.96. The molecule has 0 aromatic heterocycles. The first-order valence-corrected chi connectivity index (χ1v) is 8.39. The summed E-state index contributed by atoms with van der Waals surface area (Å²) >= 11 is 0. The molecule has 2 atom stereocenters. The first-order valence-electron chi connectivity index (χ1n) is 8.39. The Bertz CT molecular complexity index is 441. The lowest BCUT2D eigenvalue weighted by molar-refractivity contribution is -0.128. The van der Waals surface area contributed by atoms with Gasteiger partial charge in [0.2, 0.25) is 11.8 Å². The number of nitrogens with one attached hydrogen (secondary N) is 3. The first kappa shape index (κ1) is 13.6. The van der Waals surface area contributed by atoms with Crippen molar-refractivity contribution in [2.24, 2.45) is 23.2 Å². The molecule has 5 fully saturated rings. The van der Waals surface area contributed by atoms with Gasteiger partial charge in [-0.2, -0.15) is 0 Å². The lowest BCUT2D eigenvalue weighted by Crippen LogP contribution is -2.57. The average molecular weight is 291 g/mol. The van der Waals surface area contributed by atoms with Crippen molar-refractivity contribution in [2.75, 3.05) is 0 Å². The van der Waals surface area contributed by atoms with Crippen LogP contribution in [0.3, 0.4) is 0 Å². The molecule has 2 amide bonds. The Morgan fingerprint density at radius 1 is 1.19 bits per heavy atom. The van der Waals surface area contributed by atoms with Crippen LogP contribution in [0.25, 0.3) is 0 Å². The highest BCUT2D eigenvalue weighted by Gasteiger charge is 2.53. The second-order valence-electron chi connectivity index (χ2n) is 7.96. The van der Waals surface area contributed by atoms with Gasteiger partial charge in [0, 0.05) is 6.04 Å². The second kappa shape index (κ2) is 4.70. The molecular weight excluding hydrogens is 266 g/mol. The summed E-state index contributed by atoms with van der Waals surface area (Å²) in [5.74, 6) is 2.55. The monoisotopic (exact) mass is 291 g/mol. The van der Waals surface area contributed by atoms with E-state index < -0.39 is 6.04 Å². The molecule has 0 spiro atoms. The molecule has 5 aliphatic rings. The van der Waals surface area contributed by atoms with Gasteiger partial charge in [0.05, 0.1) is 6.42 Å². The number of hydrazine groups is 1. The summed E-state index contributed by atoms with van der Waals surface area (Å²) in [6.45, 7) is 2.18. The molecule has 0 aromatic carbocycles. The topological polar surface area (TPSA) is 70.2 Å². The van der Waals surface area contributed by atoms with Gasteiger partial charge in [-0.15, -0.1) is 0 Å². The molecule has 1 heterocycles. The Morgan fingerprint density at radius 3 is 2.24 bits per heavy atom. The van der Waals surface area contributed by atoms with Crippen LogP contribution in [0.4, 0.5) is 0 Å². The smallest absolute Gasteiger partial charge is 0.239 e. The SMILES string of the molecule is CC(NC(=O)C1CC(=O)NN1)C12CC3CC(CC(C3)C1)C2. The quantitative estimate of drug-likeness (QED) is 0.729. The molecule has 5 nitrogen and oxygen atoms in total. The molecule has 0 radical (unpaired) electrons. The molecule has 4 bridgehead atoms. The van der Waals surface area contributed by atoms with Crippen molar-refractivity contribution >= 4 is 11.8 Å². The Balaban J connectivity index is 1.44. The fourth-order valence-corrected chi connectivity index (χ4v) is 5.79. The molecule has 21 heavy (non-hydrogen) atoms. The van der Waals surface area contributed by atoms with Crippen LogP contribution in [0.5, 0.6) is 0 Å². The molecule has 5 rings (SSSR count). The van der Waals surface area contributed by atoms with Gasteiger partial charge in [0.1, 0.15) is 6.04 Å². The lowest BCUT2D eigenvalue weighted by atomic mass is 9.48. The van der Waals surface area contributed by atoms with Crippen LogP contribution in [0, 0.1) is 23.2 Å². The van der Waals surface area contributed by atoms with Crippen LogP contribution < -0.4 is 16.2 Å². The molecular formula is C16H25N3O2. The van der Waals surface area contributed by atoms with Gasteiger partial charge in [-0.1, -0.05) is 0 Å². The predicted molar refractivity (Wildman–Crippen MR) is 77.9 cm³/mol. The van der Waals surface area contributed by atoms with Crippen LogP contribution in [-0.4, -0.2) is 23.9 Å². The highest BCUT2D eigenvalue weighted by molar-refractivity contribution is 5.90. The third-order valence-corrected chi connectivity index (χ3v) is 6.45. The van der Waals surface area contributed by atoms with Gasteiger partial charge in [0.25, 0.3) is 0 Å². The Labute approximate surface area is 125 Å². The maximum absolute atomic E-state index is 12.3. The maximum atomic E-state index is 12.3. The van der Waals surface area contributed by atoms with E-state index in [-0.39, 0.29) is 24.3 Å². The van der Waals surface area contributed by atoms with E-state index in [2.05, 4.69) is 23.1 Å². The number of carbonyl (C=O) groups is 2. The van der Waals surface area contributed by atoms with Crippen molar-refractivity contribution in [3.63, 3.8) is 0 Å². The molecule has 1 aliphatic heterocycles. The molecule has 5 heteroatoms. The molecule has 0 aromatic rings. The van der Waals surface area contributed by atoms with E-state index in [1.807, 2.05) is 0 Å². The lowest BCUT2D eigenvalue weighted by Gasteiger charge is -2.59. The minimum absolute atomic E-state index is 0.0309. The van der Waals surface area contributed by atoms with E-state index in [4.69, 9.17) is 0 Å². The van der Waals surface area contributed by atoms with Crippen molar-refractivity contribution in [2.45, 2.75) is 64.0 Å². The highest BCUT2D eigenvalue weighted by Crippen LogP contribution is 2.61. The zero-order valence-corrected chi connectivity index (χ0v) is 12.7. The van der Waals surface area contributed by atoms with E-state index in [0.717, 1.165) is 17.8 Å². The highest BCUT2D eigenvalue weighted by atomic mass is 16.2. The van der Waals surface area contributed by atoms with Gasteiger partial charge < -0.3 is 5.32 Å².